The lowest BCUT2D eigenvalue weighted by Gasteiger charge is -2.12. The number of nitrogens with zero attached hydrogens (tertiary/aromatic N) is 1. The summed E-state index contributed by atoms with van der Waals surface area (Å²) in [6.45, 7) is -0.160. The zero-order valence-electron chi connectivity index (χ0n) is 14.0. The quantitative estimate of drug-likeness (QED) is 0.867. The molecule has 1 aliphatic heterocycles. The number of rotatable bonds is 5. The summed E-state index contributed by atoms with van der Waals surface area (Å²) < 4.78 is 28.2. The summed E-state index contributed by atoms with van der Waals surface area (Å²) in [7, 11) is -3.02. The van der Waals surface area contributed by atoms with Crippen molar-refractivity contribution in [3.8, 4) is 22.9 Å². The van der Waals surface area contributed by atoms with Crippen LogP contribution in [0.3, 0.4) is 0 Å². The lowest BCUT2D eigenvalue weighted by atomic mass is 10.0. The molecule has 1 aliphatic rings. The van der Waals surface area contributed by atoms with Gasteiger partial charge in [0.25, 0.3) is 5.91 Å². The summed E-state index contributed by atoms with van der Waals surface area (Å²) in [5.41, 5.74) is 2.56. The van der Waals surface area contributed by atoms with Crippen molar-refractivity contribution in [2.45, 2.75) is 12.5 Å². The molecule has 2 aromatic rings. The highest BCUT2D eigenvalue weighted by molar-refractivity contribution is 7.91. The van der Waals surface area contributed by atoms with Crippen LogP contribution in [0.5, 0.6) is 5.75 Å². The maximum Gasteiger partial charge on any atom is 0.258 e. The average molecular weight is 370 g/mol. The van der Waals surface area contributed by atoms with E-state index in [-0.39, 0.29) is 30.1 Å². The SMILES string of the molecule is N#Cc1ccc(-c2ccc(OCC(=O)N[C@@H]3CCS(=O)(=O)C3)cc2)cc1. The van der Waals surface area contributed by atoms with E-state index in [0.29, 0.717) is 17.7 Å². The molecule has 3 rings (SSSR count). The minimum atomic E-state index is -3.02. The van der Waals surface area contributed by atoms with Gasteiger partial charge in [-0.1, -0.05) is 24.3 Å². The van der Waals surface area contributed by atoms with Crippen molar-refractivity contribution >= 4 is 15.7 Å². The number of sulfone groups is 1. The molecule has 134 valence electrons. The number of nitriles is 1. The topological polar surface area (TPSA) is 96.3 Å². The zero-order chi connectivity index (χ0) is 18.6. The largest absolute Gasteiger partial charge is 0.484 e. The van der Waals surface area contributed by atoms with Gasteiger partial charge in [0.2, 0.25) is 0 Å². The van der Waals surface area contributed by atoms with Crippen LogP contribution in [0, 0.1) is 11.3 Å². The minimum absolute atomic E-state index is 0.00196. The Morgan fingerprint density at radius 2 is 1.73 bits per heavy atom. The van der Waals surface area contributed by atoms with Crippen molar-refractivity contribution in [1.82, 2.24) is 5.32 Å². The molecular formula is C19H18N2O4S. The Morgan fingerprint density at radius 3 is 2.27 bits per heavy atom. The summed E-state index contributed by atoms with van der Waals surface area (Å²) >= 11 is 0. The maximum absolute atomic E-state index is 11.9. The first-order chi connectivity index (χ1) is 12.4. The molecule has 1 amide bonds. The summed E-state index contributed by atoms with van der Waals surface area (Å²) in [5, 5.41) is 11.5. The van der Waals surface area contributed by atoms with Crippen LogP contribution in [0.1, 0.15) is 12.0 Å². The van der Waals surface area contributed by atoms with E-state index < -0.39 is 9.84 Å². The third-order valence-corrected chi connectivity index (χ3v) is 5.94. The van der Waals surface area contributed by atoms with Crippen molar-refractivity contribution < 1.29 is 17.9 Å². The monoisotopic (exact) mass is 370 g/mol. The fraction of sp³-hybridized carbons (Fsp3) is 0.263. The van der Waals surface area contributed by atoms with Gasteiger partial charge >= 0.3 is 0 Å². The molecule has 7 heteroatoms. The lowest BCUT2D eigenvalue weighted by Crippen LogP contribution is -2.38. The van der Waals surface area contributed by atoms with E-state index in [2.05, 4.69) is 11.4 Å². The van der Waals surface area contributed by atoms with E-state index in [0.717, 1.165) is 11.1 Å². The third-order valence-electron chi connectivity index (χ3n) is 4.17. The summed E-state index contributed by atoms with van der Waals surface area (Å²) in [6.07, 6.45) is 0.452. The average Bonchev–Trinajstić information content (AvgIpc) is 2.99. The van der Waals surface area contributed by atoms with Crippen molar-refractivity contribution in [3.63, 3.8) is 0 Å². The molecule has 1 saturated heterocycles. The molecule has 0 aromatic heterocycles. The number of carbonyl (C=O) groups is 1. The van der Waals surface area contributed by atoms with Crippen molar-refractivity contribution in [3.05, 3.63) is 54.1 Å². The molecule has 0 spiro atoms. The van der Waals surface area contributed by atoms with Gasteiger partial charge in [0, 0.05) is 6.04 Å². The van der Waals surface area contributed by atoms with Crippen LogP contribution in [0.2, 0.25) is 0 Å². The van der Waals surface area contributed by atoms with E-state index in [9.17, 15) is 13.2 Å². The first kappa shape index (κ1) is 18.0. The molecule has 1 atom stereocenters. The third kappa shape index (κ3) is 4.61. The fourth-order valence-corrected chi connectivity index (χ4v) is 4.48. The first-order valence-corrected chi connectivity index (χ1v) is 10.0. The molecule has 1 fully saturated rings. The van der Waals surface area contributed by atoms with E-state index in [1.54, 1.807) is 24.3 Å². The van der Waals surface area contributed by atoms with Gasteiger partial charge in [-0.05, 0) is 41.8 Å². The van der Waals surface area contributed by atoms with Gasteiger partial charge in [-0.2, -0.15) is 5.26 Å². The van der Waals surface area contributed by atoms with Crippen LogP contribution in [-0.2, 0) is 14.6 Å². The van der Waals surface area contributed by atoms with E-state index >= 15 is 0 Å². The molecular weight excluding hydrogens is 352 g/mol. The van der Waals surface area contributed by atoms with Crippen LogP contribution in [0.15, 0.2) is 48.5 Å². The molecule has 2 aromatic carbocycles. The highest BCUT2D eigenvalue weighted by Crippen LogP contribution is 2.22. The Balaban J connectivity index is 1.52. The minimum Gasteiger partial charge on any atom is -0.484 e. The van der Waals surface area contributed by atoms with E-state index in [1.807, 2.05) is 24.3 Å². The molecule has 0 aliphatic carbocycles. The molecule has 0 bridgehead atoms. The Bertz CT molecular complexity index is 929. The normalized spacial score (nSPS) is 18.0. The maximum atomic E-state index is 11.9. The first-order valence-electron chi connectivity index (χ1n) is 8.18. The van der Waals surface area contributed by atoms with Gasteiger partial charge in [0.15, 0.2) is 16.4 Å². The lowest BCUT2D eigenvalue weighted by molar-refractivity contribution is -0.123. The Kier molecular flexibility index (Phi) is 5.24. The van der Waals surface area contributed by atoms with Crippen LogP contribution in [-0.4, -0.2) is 38.5 Å². The van der Waals surface area contributed by atoms with Crippen LogP contribution < -0.4 is 10.1 Å². The molecule has 1 N–H and O–H groups in total. The second-order valence-corrected chi connectivity index (χ2v) is 8.40. The van der Waals surface area contributed by atoms with Crippen molar-refractivity contribution in [1.29, 1.82) is 5.26 Å². The van der Waals surface area contributed by atoms with Crippen LogP contribution in [0.4, 0.5) is 0 Å². The summed E-state index contributed by atoms with van der Waals surface area (Å²) in [6, 6.07) is 16.3. The highest BCUT2D eigenvalue weighted by Gasteiger charge is 2.28. The molecule has 26 heavy (non-hydrogen) atoms. The molecule has 0 saturated carbocycles. The van der Waals surface area contributed by atoms with E-state index in [1.165, 1.54) is 0 Å². The number of hydrogen-bond acceptors (Lipinski definition) is 5. The Hall–Kier alpha value is -2.85. The summed E-state index contributed by atoms with van der Waals surface area (Å²) in [5.74, 6) is 0.341. The number of benzene rings is 2. The van der Waals surface area contributed by atoms with Crippen molar-refractivity contribution in [2.24, 2.45) is 0 Å². The summed E-state index contributed by atoms with van der Waals surface area (Å²) in [4.78, 5) is 11.9. The molecule has 1 heterocycles. The van der Waals surface area contributed by atoms with Crippen molar-refractivity contribution in [2.75, 3.05) is 18.1 Å². The van der Waals surface area contributed by atoms with Gasteiger partial charge < -0.3 is 10.1 Å². The van der Waals surface area contributed by atoms with Gasteiger partial charge in [-0.3, -0.25) is 4.79 Å². The molecule has 6 nitrogen and oxygen atoms in total. The zero-order valence-corrected chi connectivity index (χ0v) is 14.8. The van der Waals surface area contributed by atoms with E-state index in [4.69, 9.17) is 10.00 Å². The standard InChI is InChI=1S/C19H18N2O4S/c20-11-14-1-3-15(4-2-14)16-5-7-18(8-6-16)25-12-19(22)21-17-9-10-26(23,24)13-17/h1-8,17H,9-10,12-13H2,(H,21,22)/t17-/m1/s1. The van der Waals surface area contributed by atoms with Crippen LogP contribution >= 0.6 is 0 Å². The van der Waals surface area contributed by atoms with Gasteiger partial charge in [0.05, 0.1) is 23.1 Å². The van der Waals surface area contributed by atoms with Gasteiger partial charge in [0.1, 0.15) is 5.75 Å². The smallest absolute Gasteiger partial charge is 0.258 e. The highest BCUT2D eigenvalue weighted by atomic mass is 32.2. The van der Waals surface area contributed by atoms with Crippen LogP contribution in [0.25, 0.3) is 11.1 Å². The second kappa shape index (κ2) is 7.58. The van der Waals surface area contributed by atoms with Gasteiger partial charge in [-0.15, -0.1) is 0 Å². The fourth-order valence-electron chi connectivity index (χ4n) is 2.81. The Labute approximate surface area is 152 Å². The number of hydrogen-bond donors (Lipinski definition) is 1. The predicted octanol–water partition coefficient (Wildman–Crippen LogP) is 1.91. The number of nitrogens with one attached hydrogen (secondary N) is 1. The molecule has 0 unspecified atom stereocenters. The number of amides is 1. The molecule has 0 radical (unpaired) electrons. The number of ether oxygens (including phenoxy) is 1. The predicted molar refractivity (Wildman–Crippen MR) is 97.3 cm³/mol. The Morgan fingerprint density at radius 1 is 1.12 bits per heavy atom. The number of carbonyl (C=O) groups excluding carboxylic acids is 1. The second-order valence-electron chi connectivity index (χ2n) is 6.17. The van der Waals surface area contributed by atoms with Gasteiger partial charge in [-0.25, -0.2) is 8.42 Å².